The van der Waals surface area contributed by atoms with Crippen LogP contribution in [0.3, 0.4) is 0 Å². The molecule has 1 amide bonds. The van der Waals surface area contributed by atoms with Gasteiger partial charge in [0.25, 0.3) is 0 Å². The number of imidazole rings is 1. The van der Waals surface area contributed by atoms with E-state index in [9.17, 15) is 17.6 Å². The van der Waals surface area contributed by atoms with E-state index < -0.39 is 21.7 Å². The van der Waals surface area contributed by atoms with Crippen LogP contribution in [0.15, 0.2) is 53.4 Å². The van der Waals surface area contributed by atoms with Crippen LogP contribution < -0.4 is 5.32 Å². The van der Waals surface area contributed by atoms with Crippen LogP contribution in [-0.2, 0) is 21.2 Å². The molecule has 1 heterocycles. The van der Waals surface area contributed by atoms with Gasteiger partial charge < -0.3 is 10.3 Å². The number of hydrogen-bond donors (Lipinski definition) is 2. The van der Waals surface area contributed by atoms with Gasteiger partial charge in [-0.05, 0) is 36.4 Å². The molecule has 0 aliphatic heterocycles. The number of nitrogens with one attached hydrogen (secondary N) is 2. The predicted molar refractivity (Wildman–Crippen MR) is 99.0 cm³/mol. The molecular formula is C18H19FN4O3S. The lowest BCUT2D eigenvalue weighted by Gasteiger charge is -2.16. The number of nitrogens with zero attached hydrogens (tertiary/aromatic N) is 2. The Hall–Kier alpha value is -2.78. The number of carbonyl (C=O) groups excluding carboxylic acids is 1. The molecule has 0 spiro atoms. The van der Waals surface area contributed by atoms with Gasteiger partial charge in [0.2, 0.25) is 15.9 Å². The zero-order chi connectivity index (χ0) is 19.4. The van der Waals surface area contributed by atoms with Crippen LogP contribution in [-0.4, -0.2) is 48.7 Å². The molecule has 0 unspecified atom stereocenters. The molecule has 7 nitrogen and oxygen atoms in total. The zero-order valence-electron chi connectivity index (χ0n) is 14.6. The summed E-state index contributed by atoms with van der Waals surface area (Å²) in [5.41, 5.74) is 1.77. The molecule has 0 atom stereocenters. The Kier molecular flexibility index (Phi) is 5.52. The normalized spacial score (nSPS) is 11.8. The van der Waals surface area contributed by atoms with Crippen molar-refractivity contribution < 1.29 is 17.6 Å². The Morgan fingerprint density at radius 2 is 1.89 bits per heavy atom. The summed E-state index contributed by atoms with van der Waals surface area (Å²) in [6, 6.07) is 12.1. The molecule has 9 heteroatoms. The van der Waals surface area contributed by atoms with Gasteiger partial charge in [0, 0.05) is 20.0 Å². The van der Waals surface area contributed by atoms with Gasteiger partial charge in [0.05, 0.1) is 22.5 Å². The standard InChI is InChI=1S/C18H19FN4O3S/c1-23(27(25,26)14-8-6-13(19)7-9-14)12-18(24)20-11-10-17-21-15-4-2-3-5-16(15)22-17/h2-9H,10-12H2,1H3,(H,20,24)(H,21,22). The SMILES string of the molecule is CN(CC(=O)NCCc1nc2ccccc2[nH]1)S(=O)(=O)c1ccc(F)cc1. The topological polar surface area (TPSA) is 95.2 Å². The van der Waals surface area contributed by atoms with Crippen LogP contribution in [0, 0.1) is 5.82 Å². The number of aromatic amines is 1. The second kappa shape index (κ2) is 7.85. The largest absolute Gasteiger partial charge is 0.355 e. The highest BCUT2D eigenvalue weighted by Crippen LogP contribution is 2.14. The van der Waals surface area contributed by atoms with Crippen LogP contribution in [0.5, 0.6) is 0 Å². The number of H-pyrrole nitrogens is 1. The monoisotopic (exact) mass is 390 g/mol. The number of halogens is 1. The summed E-state index contributed by atoms with van der Waals surface area (Å²) < 4.78 is 38.6. The van der Waals surface area contributed by atoms with Crippen molar-refractivity contribution in [3.05, 3.63) is 60.2 Å². The molecule has 142 valence electrons. The third-order valence-corrected chi connectivity index (χ3v) is 5.83. The fourth-order valence-electron chi connectivity index (χ4n) is 2.57. The highest BCUT2D eigenvalue weighted by atomic mass is 32.2. The van der Waals surface area contributed by atoms with E-state index in [4.69, 9.17) is 0 Å². The van der Waals surface area contributed by atoms with Crippen LogP contribution in [0.4, 0.5) is 4.39 Å². The number of fused-ring (bicyclic) bond motifs is 1. The number of amides is 1. The average molecular weight is 390 g/mol. The number of aromatic nitrogens is 2. The summed E-state index contributed by atoms with van der Waals surface area (Å²) in [6.45, 7) is -0.0110. The summed E-state index contributed by atoms with van der Waals surface area (Å²) in [7, 11) is -2.55. The van der Waals surface area contributed by atoms with E-state index in [1.807, 2.05) is 24.3 Å². The van der Waals surface area contributed by atoms with Crippen LogP contribution in [0.2, 0.25) is 0 Å². The minimum atomic E-state index is -3.86. The molecule has 27 heavy (non-hydrogen) atoms. The Morgan fingerprint density at radius 1 is 1.19 bits per heavy atom. The van der Waals surface area contributed by atoms with Crippen LogP contribution in [0.1, 0.15) is 5.82 Å². The molecular weight excluding hydrogens is 371 g/mol. The lowest BCUT2D eigenvalue weighted by atomic mass is 10.3. The van der Waals surface area contributed by atoms with E-state index in [-0.39, 0.29) is 11.4 Å². The van der Waals surface area contributed by atoms with Gasteiger partial charge in [-0.1, -0.05) is 12.1 Å². The number of hydrogen-bond acceptors (Lipinski definition) is 4. The second-order valence-corrected chi connectivity index (χ2v) is 8.06. The summed E-state index contributed by atoms with van der Waals surface area (Å²) in [4.78, 5) is 19.5. The van der Waals surface area contributed by atoms with Crippen molar-refractivity contribution in [1.82, 2.24) is 19.6 Å². The minimum absolute atomic E-state index is 0.0681. The average Bonchev–Trinajstić information content (AvgIpc) is 3.04. The molecule has 0 aliphatic carbocycles. The summed E-state index contributed by atoms with van der Waals surface area (Å²) in [6.07, 6.45) is 0.495. The van der Waals surface area contributed by atoms with Crippen molar-refractivity contribution in [3.63, 3.8) is 0 Å². The van der Waals surface area contributed by atoms with Gasteiger partial charge in [-0.25, -0.2) is 17.8 Å². The second-order valence-electron chi connectivity index (χ2n) is 6.02. The lowest BCUT2D eigenvalue weighted by molar-refractivity contribution is -0.121. The minimum Gasteiger partial charge on any atom is -0.355 e. The first-order chi connectivity index (χ1) is 12.9. The van der Waals surface area contributed by atoms with Gasteiger partial charge in [-0.3, -0.25) is 4.79 Å². The van der Waals surface area contributed by atoms with Gasteiger partial charge in [-0.15, -0.1) is 0 Å². The molecule has 3 aromatic rings. The van der Waals surface area contributed by atoms with Gasteiger partial charge in [0.1, 0.15) is 11.6 Å². The van der Waals surface area contributed by atoms with Crippen molar-refractivity contribution >= 4 is 27.0 Å². The predicted octanol–water partition coefficient (Wildman–Crippen LogP) is 1.68. The first-order valence-corrected chi connectivity index (χ1v) is 9.72. The summed E-state index contributed by atoms with van der Waals surface area (Å²) in [5, 5.41) is 2.67. The molecule has 1 aromatic heterocycles. The maximum Gasteiger partial charge on any atom is 0.243 e. The van der Waals surface area contributed by atoms with E-state index in [0.717, 1.165) is 33.3 Å². The third kappa shape index (κ3) is 4.50. The Labute approximate surface area is 156 Å². The zero-order valence-corrected chi connectivity index (χ0v) is 15.5. The van der Waals surface area contributed by atoms with Gasteiger partial charge in [0.15, 0.2) is 0 Å². The number of likely N-dealkylation sites (N-methyl/N-ethyl adjacent to an activating group) is 1. The van der Waals surface area contributed by atoms with E-state index in [1.165, 1.54) is 19.2 Å². The van der Waals surface area contributed by atoms with Crippen molar-refractivity contribution in [2.75, 3.05) is 20.1 Å². The Balaban J connectivity index is 1.53. The number of rotatable bonds is 7. The van der Waals surface area contributed by atoms with Crippen molar-refractivity contribution in [2.45, 2.75) is 11.3 Å². The van der Waals surface area contributed by atoms with Gasteiger partial charge >= 0.3 is 0 Å². The van der Waals surface area contributed by atoms with Crippen LogP contribution >= 0.6 is 0 Å². The number of para-hydroxylation sites is 2. The maximum absolute atomic E-state index is 13.0. The molecule has 0 fully saturated rings. The smallest absolute Gasteiger partial charge is 0.243 e. The molecule has 0 saturated carbocycles. The van der Waals surface area contributed by atoms with Crippen molar-refractivity contribution in [1.29, 1.82) is 0 Å². The van der Waals surface area contributed by atoms with Crippen molar-refractivity contribution in [3.8, 4) is 0 Å². The molecule has 2 aromatic carbocycles. The molecule has 3 rings (SSSR count). The summed E-state index contributed by atoms with van der Waals surface area (Å²) >= 11 is 0. The molecule has 0 saturated heterocycles. The fourth-order valence-corrected chi connectivity index (χ4v) is 3.70. The highest BCUT2D eigenvalue weighted by molar-refractivity contribution is 7.89. The molecule has 2 N–H and O–H groups in total. The fraction of sp³-hybridized carbons (Fsp3) is 0.222. The third-order valence-electron chi connectivity index (χ3n) is 4.01. The Morgan fingerprint density at radius 3 is 2.59 bits per heavy atom. The quantitative estimate of drug-likeness (QED) is 0.642. The lowest BCUT2D eigenvalue weighted by Crippen LogP contribution is -2.39. The molecule has 0 radical (unpaired) electrons. The van der Waals surface area contributed by atoms with E-state index >= 15 is 0 Å². The van der Waals surface area contributed by atoms with E-state index in [0.29, 0.717) is 13.0 Å². The number of benzene rings is 2. The molecule has 0 aliphatic rings. The first-order valence-electron chi connectivity index (χ1n) is 8.28. The van der Waals surface area contributed by atoms with E-state index in [1.54, 1.807) is 0 Å². The van der Waals surface area contributed by atoms with Gasteiger partial charge in [-0.2, -0.15) is 4.31 Å². The number of carbonyl (C=O) groups is 1. The first kappa shape index (κ1) is 19.0. The molecule has 0 bridgehead atoms. The summed E-state index contributed by atoms with van der Waals surface area (Å²) in [5.74, 6) is -0.219. The number of sulfonamides is 1. The van der Waals surface area contributed by atoms with Crippen molar-refractivity contribution in [2.24, 2.45) is 0 Å². The van der Waals surface area contributed by atoms with Crippen LogP contribution in [0.25, 0.3) is 11.0 Å². The maximum atomic E-state index is 13.0. The highest BCUT2D eigenvalue weighted by Gasteiger charge is 2.22. The Bertz CT molecular complexity index is 1010. The van der Waals surface area contributed by atoms with E-state index in [2.05, 4.69) is 15.3 Å².